The van der Waals surface area contributed by atoms with Crippen molar-refractivity contribution < 1.29 is 13.6 Å². The number of carbonyl (C=O) groups is 1. The second-order valence-corrected chi connectivity index (χ2v) is 11.3. The number of nitrogens with zero attached hydrogens (tertiary/aromatic N) is 4. The van der Waals surface area contributed by atoms with E-state index >= 15 is 0 Å². The summed E-state index contributed by atoms with van der Waals surface area (Å²) in [5.74, 6) is -1.37. The molecule has 214 valence electrons. The van der Waals surface area contributed by atoms with Crippen molar-refractivity contribution in [2.45, 2.75) is 37.6 Å². The third-order valence-electron chi connectivity index (χ3n) is 8.02. The summed E-state index contributed by atoms with van der Waals surface area (Å²) in [6, 6.07) is 16.4. The molecule has 2 saturated heterocycles. The number of hydrogen-bond donors (Lipinski definition) is 2. The molecule has 0 unspecified atom stereocenters. The van der Waals surface area contributed by atoms with Gasteiger partial charge >= 0.3 is 0 Å². The summed E-state index contributed by atoms with van der Waals surface area (Å²) in [5, 5.41) is 18.8. The topological polar surface area (TPSA) is 88.6 Å². The van der Waals surface area contributed by atoms with Crippen LogP contribution in [0.3, 0.4) is 0 Å². The fourth-order valence-electron chi connectivity index (χ4n) is 5.81. The summed E-state index contributed by atoms with van der Waals surface area (Å²) in [6.07, 6.45) is 1.84. The number of rotatable bonds is 6. The van der Waals surface area contributed by atoms with Gasteiger partial charge in [-0.2, -0.15) is 5.26 Å². The molecular formula is C31H34F2N6OS. The predicted molar refractivity (Wildman–Crippen MR) is 160 cm³/mol. The van der Waals surface area contributed by atoms with E-state index < -0.39 is 11.6 Å². The molecule has 0 saturated carbocycles. The Morgan fingerprint density at radius 3 is 2.37 bits per heavy atom. The summed E-state index contributed by atoms with van der Waals surface area (Å²) in [7, 11) is 0. The summed E-state index contributed by atoms with van der Waals surface area (Å²) in [4.78, 5) is 19.8. The number of para-hydroxylation sites is 1. The lowest BCUT2D eigenvalue weighted by atomic mass is 9.99. The fraction of sp³-hybridized carbons (Fsp3) is 0.355. The second-order valence-electron chi connectivity index (χ2n) is 10.6. The van der Waals surface area contributed by atoms with Crippen LogP contribution in [0.15, 0.2) is 53.4 Å². The predicted octanol–water partition coefficient (Wildman–Crippen LogP) is 5.46. The molecule has 5 rings (SSSR count). The molecule has 2 aliphatic rings. The van der Waals surface area contributed by atoms with Crippen LogP contribution in [-0.2, 0) is 0 Å². The minimum atomic E-state index is -0.665. The van der Waals surface area contributed by atoms with E-state index in [4.69, 9.17) is 5.14 Å². The normalized spacial score (nSPS) is 16.0. The molecule has 2 fully saturated rings. The van der Waals surface area contributed by atoms with Crippen molar-refractivity contribution in [1.82, 2.24) is 4.90 Å². The average Bonchev–Trinajstić information content (AvgIpc) is 2.98. The zero-order valence-corrected chi connectivity index (χ0v) is 24.1. The van der Waals surface area contributed by atoms with Gasteiger partial charge in [-0.05, 0) is 74.0 Å². The highest BCUT2D eigenvalue weighted by Crippen LogP contribution is 2.33. The Bertz CT molecular complexity index is 1480. The van der Waals surface area contributed by atoms with Gasteiger partial charge in [0.15, 0.2) is 5.82 Å². The third kappa shape index (κ3) is 6.11. The zero-order chi connectivity index (χ0) is 29.1. The van der Waals surface area contributed by atoms with Crippen LogP contribution in [0.5, 0.6) is 0 Å². The number of nitriles is 1. The van der Waals surface area contributed by atoms with Gasteiger partial charge < -0.3 is 20.0 Å². The number of aryl methyl sites for hydroxylation is 2. The minimum absolute atomic E-state index is 0.0545. The molecule has 10 heteroatoms. The van der Waals surface area contributed by atoms with E-state index in [1.54, 1.807) is 4.90 Å². The maximum atomic E-state index is 14.6. The Morgan fingerprint density at radius 1 is 0.976 bits per heavy atom. The number of nitrogens with two attached hydrogens (primary N) is 1. The molecule has 2 aliphatic heterocycles. The van der Waals surface area contributed by atoms with Crippen molar-refractivity contribution in [1.29, 1.82) is 5.26 Å². The lowest BCUT2D eigenvalue weighted by Gasteiger charge is -2.37. The highest BCUT2D eigenvalue weighted by Gasteiger charge is 2.28. The molecule has 0 aliphatic carbocycles. The fourth-order valence-corrected chi connectivity index (χ4v) is 6.33. The van der Waals surface area contributed by atoms with Gasteiger partial charge in [0.1, 0.15) is 11.9 Å². The highest BCUT2D eigenvalue weighted by molar-refractivity contribution is 7.97. The van der Waals surface area contributed by atoms with Crippen molar-refractivity contribution >= 4 is 34.9 Å². The lowest BCUT2D eigenvalue weighted by Crippen LogP contribution is -2.49. The average molecular weight is 577 g/mol. The molecule has 41 heavy (non-hydrogen) atoms. The molecule has 1 amide bonds. The van der Waals surface area contributed by atoms with Crippen LogP contribution in [0.4, 0.5) is 25.8 Å². The van der Waals surface area contributed by atoms with Gasteiger partial charge in [-0.15, -0.1) is 0 Å². The lowest BCUT2D eigenvalue weighted by molar-refractivity contribution is 0.0746. The van der Waals surface area contributed by atoms with Crippen molar-refractivity contribution in [2.24, 2.45) is 5.14 Å². The van der Waals surface area contributed by atoms with Crippen molar-refractivity contribution in [3.8, 4) is 6.07 Å². The van der Waals surface area contributed by atoms with Gasteiger partial charge in [0.05, 0.1) is 21.8 Å². The van der Waals surface area contributed by atoms with Crippen molar-refractivity contribution in [2.75, 3.05) is 54.4 Å². The molecule has 0 spiro atoms. The van der Waals surface area contributed by atoms with E-state index in [0.717, 1.165) is 66.4 Å². The number of hydrogen-bond acceptors (Lipinski definition) is 7. The molecular weight excluding hydrogens is 542 g/mol. The molecule has 0 radical (unpaired) electrons. The van der Waals surface area contributed by atoms with Crippen LogP contribution in [0.1, 0.15) is 39.9 Å². The molecule has 2 heterocycles. The Hall–Kier alpha value is -3.81. The van der Waals surface area contributed by atoms with Gasteiger partial charge in [-0.3, -0.25) is 9.93 Å². The zero-order valence-electron chi connectivity index (χ0n) is 23.3. The molecule has 3 N–H and O–H groups in total. The van der Waals surface area contributed by atoms with Gasteiger partial charge in [0.25, 0.3) is 5.91 Å². The maximum Gasteiger partial charge on any atom is 0.254 e. The largest absolute Gasteiger partial charge is 0.382 e. The molecule has 0 bridgehead atoms. The van der Waals surface area contributed by atoms with Gasteiger partial charge in [0, 0.05) is 62.6 Å². The Morgan fingerprint density at radius 2 is 1.68 bits per heavy atom. The Balaban J connectivity index is 1.24. The first-order valence-electron chi connectivity index (χ1n) is 13.8. The smallest absolute Gasteiger partial charge is 0.254 e. The second kappa shape index (κ2) is 12.4. The number of carbonyl (C=O) groups excluding carboxylic acids is 1. The number of piperidine rings is 1. The standard InChI is InChI=1S/C31H34F2N6OS/c1-20-15-21(2)27(36-24-7-9-37(10-8-24)28-6-4-3-5-22(28)19-34)18-25(20)31(40)39-13-11-38(12-14-39)30-26(33)16-23(32)17-29(30)41-35/h3-6,15-18,24,36H,7-14,35H2,1-2H3. The first-order valence-corrected chi connectivity index (χ1v) is 14.7. The summed E-state index contributed by atoms with van der Waals surface area (Å²) < 4.78 is 28.3. The first-order chi connectivity index (χ1) is 19.8. The summed E-state index contributed by atoms with van der Waals surface area (Å²) >= 11 is 0.816. The summed E-state index contributed by atoms with van der Waals surface area (Å²) in [5.41, 5.74) is 5.55. The van der Waals surface area contributed by atoms with Crippen LogP contribution in [0, 0.1) is 36.8 Å². The SMILES string of the molecule is Cc1cc(C)c(C(=O)N2CCN(c3c(F)cc(F)cc3SN)CC2)cc1NC1CCN(c2ccccc2C#N)CC1. The maximum absolute atomic E-state index is 14.6. The van der Waals surface area contributed by atoms with E-state index in [1.165, 1.54) is 6.07 Å². The van der Waals surface area contributed by atoms with Gasteiger partial charge in [0.2, 0.25) is 0 Å². The quantitative estimate of drug-likeness (QED) is 0.377. The molecule has 0 atom stereocenters. The monoisotopic (exact) mass is 576 g/mol. The third-order valence-corrected chi connectivity index (χ3v) is 8.59. The molecule has 7 nitrogen and oxygen atoms in total. The number of halogens is 2. The summed E-state index contributed by atoms with van der Waals surface area (Å²) in [6.45, 7) is 7.37. The number of piperazine rings is 1. The van der Waals surface area contributed by atoms with Crippen LogP contribution in [-0.4, -0.2) is 56.1 Å². The molecule has 3 aromatic carbocycles. The molecule has 0 aromatic heterocycles. The van der Waals surface area contributed by atoms with E-state index in [2.05, 4.69) is 16.3 Å². The Labute approximate surface area is 244 Å². The van der Waals surface area contributed by atoms with Crippen molar-refractivity contribution in [3.05, 3.63) is 82.4 Å². The van der Waals surface area contributed by atoms with E-state index in [1.807, 2.05) is 55.1 Å². The molecule has 3 aromatic rings. The minimum Gasteiger partial charge on any atom is -0.382 e. The number of amides is 1. The van der Waals surface area contributed by atoms with Gasteiger partial charge in [-0.25, -0.2) is 8.78 Å². The number of benzene rings is 3. The number of anilines is 3. The van der Waals surface area contributed by atoms with E-state index in [-0.39, 0.29) is 17.6 Å². The van der Waals surface area contributed by atoms with Crippen LogP contribution < -0.4 is 20.3 Å². The van der Waals surface area contributed by atoms with Crippen LogP contribution in [0.2, 0.25) is 0 Å². The van der Waals surface area contributed by atoms with Gasteiger partial charge in [-0.1, -0.05) is 18.2 Å². The van der Waals surface area contributed by atoms with E-state index in [0.29, 0.717) is 42.2 Å². The van der Waals surface area contributed by atoms with E-state index in [9.17, 15) is 18.8 Å². The Kier molecular flexibility index (Phi) is 8.66. The van der Waals surface area contributed by atoms with Crippen molar-refractivity contribution in [3.63, 3.8) is 0 Å². The van der Waals surface area contributed by atoms with Crippen LogP contribution >= 0.6 is 11.9 Å². The first kappa shape index (κ1) is 28.7. The number of nitrogens with one attached hydrogen (secondary N) is 1. The highest BCUT2D eigenvalue weighted by atomic mass is 32.2. The van der Waals surface area contributed by atoms with Crippen LogP contribution in [0.25, 0.3) is 0 Å².